The molecule has 162 valence electrons. The summed E-state index contributed by atoms with van der Waals surface area (Å²) in [5, 5.41) is 6.35. The number of amides is 1. The molecule has 1 amide bonds. The van der Waals surface area contributed by atoms with Gasteiger partial charge in [0.25, 0.3) is 5.91 Å². The fourth-order valence-corrected chi connectivity index (χ4v) is 3.96. The highest BCUT2D eigenvalue weighted by atomic mass is 35.5. The molecule has 1 atom stereocenters. The minimum absolute atomic E-state index is 0.0644. The molecule has 0 aliphatic carbocycles. The average Bonchev–Trinajstić information content (AvgIpc) is 2.82. The van der Waals surface area contributed by atoms with Crippen molar-refractivity contribution in [2.75, 3.05) is 20.6 Å². The van der Waals surface area contributed by atoms with E-state index in [1.807, 2.05) is 60.7 Å². The Morgan fingerprint density at radius 1 is 0.844 bits per heavy atom. The molecular formula is C28H27ClN2O. The van der Waals surface area contributed by atoms with Crippen molar-refractivity contribution in [3.05, 3.63) is 107 Å². The van der Waals surface area contributed by atoms with Gasteiger partial charge in [-0.15, -0.1) is 0 Å². The Labute approximate surface area is 194 Å². The quantitative estimate of drug-likeness (QED) is 0.350. The number of hydrogen-bond donors (Lipinski definition) is 1. The Morgan fingerprint density at radius 2 is 1.47 bits per heavy atom. The molecule has 4 aromatic rings. The van der Waals surface area contributed by atoms with Crippen LogP contribution in [0.5, 0.6) is 0 Å². The lowest BCUT2D eigenvalue weighted by Gasteiger charge is -2.22. The molecule has 32 heavy (non-hydrogen) atoms. The molecule has 3 nitrogen and oxygen atoms in total. The van der Waals surface area contributed by atoms with Crippen molar-refractivity contribution in [3.63, 3.8) is 0 Å². The highest BCUT2D eigenvalue weighted by Crippen LogP contribution is 2.25. The lowest BCUT2D eigenvalue weighted by Crippen LogP contribution is -2.31. The first kappa shape index (κ1) is 22.1. The summed E-state index contributed by atoms with van der Waals surface area (Å²) in [4.78, 5) is 15.2. The molecule has 0 spiro atoms. The standard InChI is InChI=1S/C28H27ClN2O/c1-31(2)18-17-27(25-12-9-20-5-3-4-6-24(20)19-25)30-28(32)23-10-7-21(8-11-23)22-13-15-26(29)16-14-22/h3-16,19,27H,17-18H2,1-2H3,(H,30,32)/t27-/m1/s1. The number of carbonyl (C=O) groups excluding carboxylic acids is 1. The van der Waals surface area contributed by atoms with E-state index in [4.69, 9.17) is 11.6 Å². The number of rotatable bonds is 7. The van der Waals surface area contributed by atoms with Crippen LogP contribution in [-0.4, -0.2) is 31.4 Å². The zero-order chi connectivity index (χ0) is 22.5. The summed E-state index contributed by atoms with van der Waals surface area (Å²) in [6.07, 6.45) is 0.833. The second kappa shape index (κ2) is 9.99. The Bertz CT molecular complexity index is 1200. The maximum Gasteiger partial charge on any atom is 0.251 e. The molecule has 0 aliphatic rings. The van der Waals surface area contributed by atoms with Gasteiger partial charge in [0.05, 0.1) is 6.04 Å². The first-order valence-corrected chi connectivity index (χ1v) is 11.2. The monoisotopic (exact) mass is 442 g/mol. The fourth-order valence-electron chi connectivity index (χ4n) is 3.83. The van der Waals surface area contributed by atoms with E-state index in [0.717, 1.165) is 29.7 Å². The zero-order valence-corrected chi connectivity index (χ0v) is 19.1. The van der Waals surface area contributed by atoms with Gasteiger partial charge in [0.15, 0.2) is 0 Å². The van der Waals surface area contributed by atoms with Gasteiger partial charge >= 0.3 is 0 Å². The SMILES string of the molecule is CN(C)CC[C@@H](NC(=O)c1ccc(-c2ccc(Cl)cc2)cc1)c1ccc2ccccc2c1. The minimum atomic E-state index is -0.0652. The van der Waals surface area contributed by atoms with Gasteiger partial charge in [-0.3, -0.25) is 4.79 Å². The molecule has 0 radical (unpaired) electrons. The molecule has 1 N–H and O–H groups in total. The zero-order valence-electron chi connectivity index (χ0n) is 18.4. The van der Waals surface area contributed by atoms with Crippen molar-refractivity contribution in [1.29, 1.82) is 0 Å². The first-order valence-electron chi connectivity index (χ1n) is 10.8. The lowest BCUT2D eigenvalue weighted by molar-refractivity contribution is 0.0933. The number of fused-ring (bicyclic) bond motifs is 1. The van der Waals surface area contributed by atoms with Crippen molar-refractivity contribution in [2.24, 2.45) is 0 Å². The number of carbonyl (C=O) groups is 1. The molecule has 4 rings (SSSR count). The van der Waals surface area contributed by atoms with Crippen molar-refractivity contribution >= 4 is 28.3 Å². The maximum absolute atomic E-state index is 13.1. The molecular weight excluding hydrogens is 416 g/mol. The van der Waals surface area contributed by atoms with Gasteiger partial charge in [0.1, 0.15) is 0 Å². The Hall–Kier alpha value is -3.14. The number of benzene rings is 4. The molecule has 0 aliphatic heterocycles. The van der Waals surface area contributed by atoms with E-state index >= 15 is 0 Å². The van der Waals surface area contributed by atoms with Crippen LogP contribution in [0.25, 0.3) is 21.9 Å². The molecule has 0 unspecified atom stereocenters. The van der Waals surface area contributed by atoms with E-state index in [1.165, 1.54) is 10.8 Å². The van der Waals surface area contributed by atoms with Crippen LogP contribution in [0, 0.1) is 0 Å². The van der Waals surface area contributed by atoms with Crippen LogP contribution >= 0.6 is 11.6 Å². The van der Waals surface area contributed by atoms with Gasteiger partial charge in [0, 0.05) is 10.6 Å². The van der Waals surface area contributed by atoms with Crippen molar-refractivity contribution in [3.8, 4) is 11.1 Å². The molecule has 0 fully saturated rings. The van der Waals surface area contributed by atoms with Gasteiger partial charge < -0.3 is 10.2 Å². The van der Waals surface area contributed by atoms with Gasteiger partial charge in [0.2, 0.25) is 0 Å². The molecule has 0 saturated carbocycles. The van der Waals surface area contributed by atoms with Crippen LogP contribution in [0.15, 0.2) is 91.0 Å². The molecule has 0 saturated heterocycles. The van der Waals surface area contributed by atoms with E-state index in [2.05, 4.69) is 54.6 Å². The summed E-state index contributed by atoms with van der Waals surface area (Å²) in [5.41, 5.74) is 3.90. The fraction of sp³-hybridized carbons (Fsp3) is 0.179. The van der Waals surface area contributed by atoms with Crippen LogP contribution < -0.4 is 5.32 Å². The maximum atomic E-state index is 13.1. The Balaban J connectivity index is 1.54. The van der Waals surface area contributed by atoms with E-state index in [0.29, 0.717) is 10.6 Å². The molecule has 0 bridgehead atoms. The minimum Gasteiger partial charge on any atom is -0.345 e. The van der Waals surface area contributed by atoms with Gasteiger partial charge in [-0.25, -0.2) is 0 Å². The first-order chi connectivity index (χ1) is 15.5. The van der Waals surface area contributed by atoms with Crippen LogP contribution in [0.2, 0.25) is 5.02 Å². The van der Waals surface area contributed by atoms with Crippen LogP contribution in [0.1, 0.15) is 28.4 Å². The third-order valence-corrected chi connectivity index (χ3v) is 5.92. The lowest BCUT2D eigenvalue weighted by atomic mass is 9.98. The van der Waals surface area contributed by atoms with Crippen LogP contribution in [0.4, 0.5) is 0 Å². The number of hydrogen-bond acceptors (Lipinski definition) is 2. The van der Waals surface area contributed by atoms with Gasteiger partial charge in [-0.05, 0) is 84.9 Å². The summed E-state index contributed by atoms with van der Waals surface area (Å²) in [6.45, 7) is 0.882. The predicted molar refractivity (Wildman–Crippen MR) is 134 cm³/mol. The number of halogens is 1. The highest BCUT2D eigenvalue weighted by molar-refractivity contribution is 6.30. The van der Waals surface area contributed by atoms with Crippen molar-refractivity contribution in [1.82, 2.24) is 10.2 Å². The van der Waals surface area contributed by atoms with E-state index in [1.54, 1.807) is 0 Å². The highest BCUT2D eigenvalue weighted by Gasteiger charge is 2.17. The van der Waals surface area contributed by atoms with Gasteiger partial charge in [-0.1, -0.05) is 72.3 Å². The van der Waals surface area contributed by atoms with Gasteiger partial charge in [-0.2, -0.15) is 0 Å². The smallest absolute Gasteiger partial charge is 0.251 e. The second-order valence-electron chi connectivity index (χ2n) is 8.31. The largest absolute Gasteiger partial charge is 0.345 e. The van der Waals surface area contributed by atoms with Crippen LogP contribution in [-0.2, 0) is 0 Å². The summed E-state index contributed by atoms with van der Waals surface area (Å²) in [7, 11) is 4.10. The second-order valence-corrected chi connectivity index (χ2v) is 8.75. The predicted octanol–water partition coefficient (Wildman–Crippen LogP) is 6.58. The third-order valence-electron chi connectivity index (χ3n) is 5.67. The van der Waals surface area contributed by atoms with E-state index < -0.39 is 0 Å². The van der Waals surface area contributed by atoms with Crippen LogP contribution in [0.3, 0.4) is 0 Å². The summed E-state index contributed by atoms with van der Waals surface area (Å²) < 4.78 is 0. The van der Waals surface area contributed by atoms with E-state index in [-0.39, 0.29) is 11.9 Å². The average molecular weight is 443 g/mol. The summed E-state index contributed by atoms with van der Waals surface area (Å²) in [5.74, 6) is -0.0652. The van der Waals surface area contributed by atoms with E-state index in [9.17, 15) is 4.79 Å². The normalized spacial score (nSPS) is 12.1. The molecule has 4 aromatic carbocycles. The number of nitrogens with zero attached hydrogens (tertiary/aromatic N) is 1. The molecule has 4 heteroatoms. The molecule has 0 heterocycles. The third kappa shape index (κ3) is 5.37. The Morgan fingerprint density at radius 3 is 2.12 bits per heavy atom. The topological polar surface area (TPSA) is 32.3 Å². The molecule has 0 aromatic heterocycles. The summed E-state index contributed by atoms with van der Waals surface area (Å²) >= 11 is 5.99. The summed E-state index contributed by atoms with van der Waals surface area (Å²) in [6, 6.07) is 30.1. The van der Waals surface area contributed by atoms with Crippen molar-refractivity contribution in [2.45, 2.75) is 12.5 Å². The number of nitrogens with one attached hydrogen (secondary N) is 1. The van der Waals surface area contributed by atoms with Crippen molar-refractivity contribution < 1.29 is 4.79 Å². The Kier molecular flexibility index (Phi) is 6.89.